The van der Waals surface area contributed by atoms with Gasteiger partial charge in [0.15, 0.2) is 0 Å². The first-order valence-corrected chi connectivity index (χ1v) is 8.37. The number of rotatable bonds is 6. The molecule has 5 heteroatoms. The Morgan fingerprint density at radius 3 is 2.56 bits per heavy atom. The Kier molecular flexibility index (Phi) is 5.23. The van der Waals surface area contributed by atoms with Crippen LogP contribution in [0.25, 0.3) is 0 Å². The molecule has 2 aromatic carbocycles. The summed E-state index contributed by atoms with van der Waals surface area (Å²) in [5, 5.41) is 7.99. The van der Waals surface area contributed by atoms with E-state index in [1.54, 1.807) is 9.58 Å². The Morgan fingerprint density at radius 1 is 1.08 bits per heavy atom. The smallest absolute Gasteiger partial charge is 0.273 e. The minimum Gasteiger partial charge on any atom is -0.340 e. The van der Waals surface area contributed by atoms with E-state index in [-0.39, 0.29) is 5.91 Å². The molecule has 0 saturated carbocycles. The zero-order valence-electron chi connectivity index (χ0n) is 14.6. The van der Waals surface area contributed by atoms with Gasteiger partial charge in [0.2, 0.25) is 0 Å². The number of amides is 1. The van der Waals surface area contributed by atoms with Crippen LogP contribution in [-0.2, 0) is 13.0 Å². The molecule has 0 aliphatic carbocycles. The van der Waals surface area contributed by atoms with E-state index >= 15 is 0 Å². The van der Waals surface area contributed by atoms with Crippen LogP contribution in [0, 0.1) is 6.92 Å². The number of hydrogen-bond donors (Lipinski definition) is 0. The van der Waals surface area contributed by atoms with Crippen molar-refractivity contribution >= 4 is 5.91 Å². The van der Waals surface area contributed by atoms with Crippen molar-refractivity contribution in [2.45, 2.75) is 19.9 Å². The molecule has 1 heterocycles. The minimum atomic E-state index is -0.0606. The minimum absolute atomic E-state index is 0.0606. The van der Waals surface area contributed by atoms with Gasteiger partial charge in [-0.3, -0.25) is 4.79 Å². The summed E-state index contributed by atoms with van der Waals surface area (Å²) in [5.74, 6) is -0.0606. The van der Waals surface area contributed by atoms with Crippen molar-refractivity contribution in [2.75, 3.05) is 13.6 Å². The Morgan fingerprint density at radius 2 is 1.80 bits per heavy atom. The van der Waals surface area contributed by atoms with Gasteiger partial charge in [-0.25, -0.2) is 4.68 Å². The van der Waals surface area contributed by atoms with Crippen molar-refractivity contribution in [3.05, 3.63) is 83.2 Å². The molecule has 3 aromatic rings. The molecule has 5 nitrogen and oxygen atoms in total. The molecule has 0 atom stereocenters. The van der Waals surface area contributed by atoms with Gasteiger partial charge in [0.05, 0.1) is 12.7 Å². The standard InChI is InChI=1S/C20H22N4O/c1-16-8-6-7-11-18(16)12-13-23(2)20(25)19-14-21-22-24(19)15-17-9-4-3-5-10-17/h3-11,14H,12-13,15H2,1-2H3. The predicted molar refractivity (Wildman–Crippen MR) is 97.4 cm³/mol. The Labute approximate surface area is 147 Å². The molecule has 0 aliphatic rings. The highest BCUT2D eigenvalue weighted by Gasteiger charge is 2.17. The lowest BCUT2D eigenvalue weighted by molar-refractivity contribution is 0.0784. The van der Waals surface area contributed by atoms with E-state index in [9.17, 15) is 4.79 Å². The van der Waals surface area contributed by atoms with Crippen molar-refractivity contribution in [3.63, 3.8) is 0 Å². The monoisotopic (exact) mass is 334 g/mol. The molecule has 1 aromatic heterocycles. The van der Waals surface area contributed by atoms with Gasteiger partial charge in [-0.2, -0.15) is 0 Å². The number of benzene rings is 2. The van der Waals surface area contributed by atoms with E-state index in [4.69, 9.17) is 0 Å². The van der Waals surface area contributed by atoms with Gasteiger partial charge in [0, 0.05) is 13.6 Å². The first kappa shape index (κ1) is 16.9. The van der Waals surface area contributed by atoms with Crippen LogP contribution in [0.2, 0.25) is 0 Å². The molecular formula is C20H22N4O. The van der Waals surface area contributed by atoms with Crippen LogP contribution in [0.5, 0.6) is 0 Å². The van der Waals surface area contributed by atoms with E-state index in [1.807, 2.05) is 49.5 Å². The number of nitrogens with zero attached hydrogens (tertiary/aromatic N) is 4. The highest BCUT2D eigenvalue weighted by atomic mass is 16.2. The van der Waals surface area contributed by atoms with Crippen LogP contribution in [0.3, 0.4) is 0 Å². The van der Waals surface area contributed by atoms with Crippen LogP contribution >= 0.6 is 0 Å². The van der Waals surface area contributed by atoms with Gasteiger partial charge in [-0.1, -0.05) is 59.8 Å². The number of aromatic nitrogens is 3. The Balaban J connectivity index is 1.67. The zero-order chi connectivity index (χ0) is 17.6. The maximum Gasteiger partial charge on any atom is 0.273 e. The molecule has 25 heavy (non-hydrogen) atoms. The fraction of sp³-hybridized carbons (Fsp3) is 0.250. The third-order valence-corrected chi connectivity index (χ3v) is 4.34. The summed E-state index contributed by atoms with van der Waals surface area (Å²) in [7, 11) is 1.82. The van der Waals surface area contributed by atoms with Crippen LogP contribution in [0.1, 0.15) is 27.2 Å². The van der Waals surface area contributed by atoms with Gasteiger partial charge in [0.1, 0.15) is 5.69 Å². The number of hydrogen-bond acceptors (Lipinski definition) is 3. The van der Waals surface area contributed by atoms with Crippen LogP contribution < -0.4 is 0 Å². The lowest BCUT2D eigenvalue weighted by Gasteiger charge is -2.18. The average molecular weight is 334 g/mol. The van der Waals surface area contributed by atoms with E-state index in [2.05, 4.69) is 29.4 Å². The molecule has 0 aliphatic heterocycles. The van der Waals surface area contributed by atoms with E-state index in [0.29, 0.717) is 18.8 Å². The summed E-state index contributed by atoms with van der Waals surface area (Å²) in [4.78, 5) is 14.5. The van der Waals surface area contributed by atoms with Crippen molar-refractivity contribution in [2.24, 2.45) is 0 Å². The molecule has 0 N–H and O–H groups in total. The normalized spacial score (nSPS) is 10.6. The van der Waals surface area contributed by atoms with Gasteiger partial charge < -0.3 is 4.90 Å². The number of carbonyl (C=O) groups is 1. The van der Waals surface area contributed by atoms with Gasteiger partial charge in [0.25, 0.3) is 5.91 Å². The summed E-state index contributed by atoms with van der Waals surface area (Å²) in [6, 6.07) is 18.2. The first-order valence-electron chi connectivity index (χ1n) is 8.37. The second kappa shape index (κ2) is 7.75. The quantitative estimate of drug-likeness (QED) is 0.696. The van der Waals surface area contributed by atoms with Crippen molar-refractivity contribution < 1.29 is 4.79 Å². The molecule has 0 fully saturated rings. The topological polar surface area (TPSA) is 51.0 Å². The predicted octanol–water partition coefficient (Wildman–Crippen LogP) is 2.95. The van der Waals surface area contributed by atoms with E-state index in [0.717, 1.165) is 12.0 Å². The van der Waals surface area contributed by atoms with Gasteiger partial charge in [-0.05, 0) is 30.0 Å². The third kappa shape index (κ3) is 4.12. The lowest BCUT2D eigenvalue weighted by atomic mass is 10.1. The summed E-state index contributed by atoms with van der Waals surface area (Å²) >= 11 is 0. The maximum atomic E-state index is 12.7. The second-order valence-corrected chi connectivity index (χ2v) is 6.17. The van der Waals surface area contributed by atoms with E-state index < -0.39 is 0 Å². The second-order valence-electron chi connectivity index (χ2n) is 6.17. The fourth-order valence-electron chi connectivity index (χ4n) is 2.77. The largest absolute Gasteiger partial charge is 0.340 e. The maximum absolute atomic E-state index is 12.7. The average Bonchev–Trinajstić information content (AvgIpc) is 3.09. The summed E-state index contributed by atoms with van der Waals surface area (Å²) < 4.78 is 1.65. The highest BCUT2D eigenvalue weighted by molar-refractivity contribution is 5.92. The number of likely N-dealkylation sites (N-methyl/N-ethyl adjacent to an activating group) is 1. The lowest BCUT2D eigenvalue weighted by Crippen LogP contribution is -2.31. The van der Waals surface area contributed by atoms with Crippen LogP contribution in [0.4, 0.5) is 0 Å². The highest BCUT2D eigenvalue weighted by Crippen LogP contribution is 2.10. The number of carbonyl (C=O) groups excluding carboxylic acids is 1. The Bertz CT molecular complexity index is 842. The Hall–Kier alpha value is -2.95. The molecular weight excluding hydrogens is 312 g/mol. The molecule has 0 radical (unpaired) electrons. The SMILES string of the molecule is Cc1ccccc1CCN(C)C(=O)c1cnnn1Cc1ccccc1. The third-order valence-electron chi connectivity index (χ3n) is 4.34. The first-order chi connectivity index (χ1) is 12.1. The van der Waals surface area contributed by atoms with Gasteiger partial charge in [-0.15, -0.1) is 5.10 Å². The van der Waals surface area contributed by atoms with Crippen molar-refractivity contribution in [1.29, 1.82) is 0 Å². The van der Waals surface area contributed by atoms with Crippen molar-refractivity contribution in [1.82, 2.24) is 19.9 Å². The summed E-state index contributed by atoms with van der Waals surface area (Å²) in [6.45, 7) is 3.28. The number of aryl methyl sites for hydroxylation is 1. The molecule has 3 rings (SSSR count). The van der Waals surface area contributed by atoms with Gasteiger partial charge >= 0.3 is 0 Å². The summed E-state index contributed by atoms with van der Waals surface area (Å²) in [5.41, 5.74) is 4.11. The summed E-state index contributed by atoms with van der Waals surface area (Å²) in [6.07, 6.45) is 2.37. The molecule has 0 spiro atoms. The molecule has 0 bridgehead atoms. The molecule has 128 valence electrons. The van der Waals surface area contributed by atoms with Crippen LogP contribution in [-0.4, -0.2) is 39.4 Å². The molecule has 0 saturated heterocycles. The molecule has 0 unspecified atom stereocenters. The molecule has 1 amide bonds. The fourth-order valence-corrected chi connectivity index (χ4v) is 2.77. The van der Waals surface area contributed by atoms with Crippen LogP contribution in [0.15, 0.2) is 60.8 Å². The zero-order valence-corrected chi connectivity index (χ0v) is 14.6. The van der Waals surface area contributed by atoms with E-state index in [1.165, 1.54) is 17.3 Å². The van der Waals surface area contributed by atoms with Crippen molar-refractivity contribution in [3.8, 4) is 0 Å².